The molecule has 0 aromatic heterocycles. The fraction of sp³-hybridized carbons (Fsp3) is 0.918. The zero-order chi connectivity index (χ0) is 50.0. The van der Waals surface area contributed by atoms with Crippen LogP contribution in [0, 0.1) is 45.3 Å². The van der Waals surface area contributed by atoms with Crippen LogP contribution in [0.15, 0.2) is 11.6 Å². The molecule has 4 aliphatic carbocycles. The molecule has 9 N–H and O–H groups in total. The molecule has 69 heavy (non-hydrogen) atoms. The first kappa shape index (κ1) is 51.9. The van der Waals surface area contributed by atoms with Crippen molar-refractivity contribution in [3.05, 3.63) is 11.6 Å². The second kappa shape index (κ2) is 18.5. The number of aliphatic hydroxyl groups excluding tert-OH is 7. The topological polar surface area (TPSA) is 299 Å². The van der Waals surface area contributed by atoms with Crippen LogP contribution in [0.3, 0.4) is 0 Å². The third-order valence-corrected chi connectivity index (χ3v) is 18.9. The van der Waals surface area contributed by atoms with Gasteiger partial charge in [-0.25, -0.2) is 0 Å². The average Bonchev–Trinajstić information content (AvgIpc) is 3.88. The molecule has 5 aliphatic heterocycles. The van der Waals surface area contributed by atoms with Crippen LogP contribution >= 0.6 is 0 Å². The molecule has 20 nitrogen and oxygen atoms in total. The molecule has 5 heterocycles. The number of carboxylic acids is 1. The molecule has 392 valence electrons. The largest absolute Gasteiger partial charge is 0.481 e. The number of carbonyl (C=O) groups is 2. The van der Waals surface area contributed by atoms with Crippen LogP contribution in [-0.2, 0) is 52.2 Å². The number of esters is 1. The van der Waals surface area contributed by atoms with Crippen LogP contribution in [0.4, 0.5) is 0 Å². The number of carboxylic acid groups (broad SMARTS) is 1. The van der Waals surface area contributed by atoms with Gasteiger partial charge in [0.25, 0.3) is 0 Å². The van der Waals surface area contributed by atoms with Crippen LogP contribution in [0.25, 0.3) is 0 Å². The summed E-state index contributed by atoms with van der Waals surface area (Å²) < 4.78 is 55.9. The van der Waals surface area contributed by atoms with E-state index in [1.54, 1.807) is 0 Å². The highest BCUT2D eigenvalue weighted by Crippen LogP contribution is 2.80. The summed E-state index contributed by atoms with van der Waals surface area (Å²) in [6.07, 6.45) is -13.8. The molecule has 0 radical (unpaired) electrons. The molecule has 0 amide bonds. The summed E-state index contributed by atoms with van der Waals surface area (Å²) >= 11 is 0. The predicted octanol–water partition coefficient (Wildman–Crippen LogP) is 0.631. The standard InChI is InChI=1S/C49H76O20/c1-22(2)14-23-16-47(7,60)40-24-8-9-29-45(5)12-11-30(44(3,4)28(45)10-13-46(29,6)48(24)20-49(40,69-23)63-21-48)66-43-39(68-41-36(58)34(56)27(65-41)19-61-32(54)15-31(52)53)38(25(51)18-62-43)67-42-37(59)35(57)33(55)26(17-50)64-42/h14,23-30,33-43,50-51,55-60H,8-13,15-21H2,1-7H3,(H,52,53)/t23-,24+,25-,26+,27-,28-,29+,30-,33+,34-,35-,36+,37+,38-,39+,40-,41-,42-,43-,45-,46+,47-,48-,49-/m0/s1. The van der Waals surface area contributed by atoms with Crippen molar-refractivity contribution in [1.29, 1.82) is 0 Å². The molecule has 5 saturated heterocycles. The zero-order valence-corrected chi connectivity index (χ0v) is 40.8. The molecule has 24 atom stereocenters. The first-order valence-electron chi connectivity index (χ1n) is 25.0. The van der Waals surface area contributed by atoms with Crippen molar-refractivity contribution in [2.24, 2.45) is 45.3 Å². The molecule has 9 rings (SSSR count). The lowest BCUT2D eigenvalue weighted by Crippen LogP contribution is -2.67. The summed E-state index contributed by atoms with van der Waals surface area (Å²) in [4.78, 5) is 23.1. The average molecular weight is 985 g/mol. The van der Waals surface area contributed by atoms with Crippen molar-refractivity contribution in [3.63, 3.8) is 0 Å². The maximum atomic E-state index is 12.2. The number of ether oxygens (including phenoxy) is 9. The molecule has 0 unspecified atom stereocenters. The van der Waals surface area contributed by atoms with Crippen molar-refractivity contribution < 1.29 is 98.2 Å². The van der Waals surface area contributed by atoms with E-state index in [9.17, 15) is 50.4 Å². The van der Waals surface area contributed by atoms with Gasteiger partial charge in [0.1, 0.15) is 74.1 Å². The third-order valence-electron chi connectivity index (χ3n) is 18.9. The van der Waals surface area contributed by atoms with Gasteiger partial charge >= 0.3 is 11.9 Å². The molecule has 4 saturated carbocycles. The molecule has 9 fully saturated rings. The summed E-state index contributed by atoms with van der Waals surface area (Å²) in [5, 5.41) is 96.8. The van der Waals surface area contributed by atoms with Crippen molar-refractivity contribution in [3.8, 4) is 0 Å². The van der Waals surface area contributed by atoms with Crippen molar-refractivity contribution in [2.75, 3.05) is 26.4 Å². The third kappa shape index (κ3) is 8.45. The zero-order valence-electron chi connectivity index (χ0n) is 40.8. The maximum absolute atomic E-state index is 12.2. The molecule has 0 aromatic carbocycles. The molecular formula is C49H76O20. The molecule has 2 spiro atoms. The van der Waals surface area contributed by atoms with Crippen molar-refractivity contribution in [1.82, 2.24) is 0 Å². The number of allylic oxidation sites excluding steroid dienone is 1. The summed E-state index contributed by atoms with van der Waals surface area (Å²) in [5.74, 6) is -2.74. The Labute approximate surface area is 402 Å². The Morgan fingerprint density at radius 1 is 0.768 bits per heavy atom. The van der Waals surface area contributed by atoms with Crippen molar-refractivity contribution in [2.45, 2.75) is 210 Å². The fourth-order valence-corrected chi connectivity index (χ4v) is 16.0. The summed E-state index contributed by atoms with van der Waals surface area (Å²) in [6.45, 7) is 14.2. The minimum atomic E-state index is -1.85. The van der Waals surface area contributed by atoms with Crippen LogP contribution < -0.4 is 0 Å². The van der Waals surface area contributed by atoms with Gasteiger partial charge < -0.3 is 88.6 Å². The summed E-state index contributed by atoms with van der Waals surface area (Å²) in [7, 11) is 0. The normalized spacial score (nSPS) is 53.1. The number of fused-ring (bicyclic) bond motifs is 4. The Hall–Kier alpha value is -1.96. The Balaban J connectivity index is 0.961. The van der Waals surface area contributed by atoms with Gasteiger partial charge in [0.05, 0.1) is 37.6 Å². The molecule has 0 aromatic rings. The minimum absolute atomic E-state index is 0.104. The number of carbonyl (C=O) groups excluding carboxylic acids is 1. The van der Waals surface area contributed by atoms with E-state index >= 15 is 0 Å². The monoisotopic (exact) mass is 984 g/mol. The lowest BCUT2D eigenvalue weighted by atomic mass is 9.35. The van der Waals surface area contributed by atoms with E-state index in [2.05, 4.69) is 33.8 Å². The Morgan fingerprint density at radius 3 is 2.12 bits per heavy atom. The first-order valence-corrected chi connectivity index (χ1v) is 25.0. The summed E-state index contributed by atoms with van der Waals surface area (Å²) in [6, 6.07) is 0. The van der Waals surface area contributed by atoms with E-state index in [1.807, 2.05) is 20.8 Å². The molecule has 20 heteroatoms. The van der Waals surface area contributed by atoms with Gasteiger partial charge in [-0.15, -0.1) is 0 Å². The van der Waals surface area contributed by atoms with Crippen LogP contribution in [0.5, 0.6) is 0 Å². The highest BCUT2D eigenvalue weighted by atomic mass is 16.8. The van der Waals surface area contributed by atoms with E-state index < -0.39 is 134 Å². The van der Waals surface area contributed by atoms with Crippen LogP contribution in [0.2, 0.25) is 0 Å². The quantitative estimate of drug-likeness (QED) is 0.0561. The lowest BCUT2D eigenvalue weighted by molar-refractivity contribution is -0.375. The SMILES string of the molecule is CC(C)=C[C@H]1C[C@](C)(O)[C@@H]2[C@H]3CC[C@@H]4[C@@]5(C)CC[C@H](O[C@@H]6OC[C@H](O)[C@H](O[C@@H]7O[C@H](CO)[C@@H](O)[C@H](O)[C@H]7O)[C@H]6O[C@@H]6O[C@@H](COC(=O)CC(=O)O)[C@H](O)[C@H]6O)C(C)(C)[C@@H]5CC[C@@]4(C)[C@@]34CO[C@@]2(C4)O1. The Kier molecular flexibility index (Phi) is 13.9. The molecule has 2 bridgehead atoms. The summed E-state index contributed by atoms with van der Waals surface area (Å²) in [5.41, 5.74) is -0.698. The molecule has 9 aliphatic rings. The minimum Gasteiger partial charge on any atom is -0.481 e. The van der Waals surface area contributed by atoms with Gasteiger partial charge in [-0.1, -0.05) is 39.3 Å². The fourth-order valence-electron chi connectivity index (χ4n) is 16.0. The van der Waals surface area contributed by atoms with E-state index in [4.69, 9.17) is 47.7 Å². The highest BCUT2D eigenvalue weighted by molar-refractivity contribution is 5.90. The van der Waals surface area contributed by atoms with Gasteiger partial charge in [0, 0.05) is 24.2 Å². The van der Waals surface area contributed by atoms with Gasteiger partial charge in [-0.3, -0.25) is 9.59 Å². The van der Waals surface area contributed by atoms with Crippen LogP contribution in [-0.4, -0.2) is 188 Å². The smallest absolute Gasteiger partial charge is 0.317 e. The first-order chi connectivity index (χ1) is 32.3. The Bertz CT molecular complexity index is 1940. The van der Waals surface area contributed by atoms with Crippen LogP contribution in [0.1, 0.15) is 106 Å². The highest BCUT2D eigenvalue weighted by Gasteiger charge is 2.81. The van der Waals surface area contributed by atoms with E-state index in [0.29, 0.717) is 25.4 Å². The maximum Gasteiger partial charge on any atom is 0.317 e. The predicted molar refractivity (Wildman–Crippen MR) is 235 cm³/mol. The second-order valence-electron chi connectivity index (χ2n) is 23.6. The van der Waals surface area contributed by atoms with E-state index in [-0.39, 0.29) is 46.7 Å². The second-order valence-corrected chi connectivity index (χ2v) is 23.6. The lowest BCUT2D eigenvalue weighted by Gasteiger charge is -2.70. The van der Waals surface area contributed by atoms with Gasteiger partial charge in [0.15, 0.2) is 24.7 Å². The van der Waals surface area contributed by atoms with Gasteiger partial charge in [-0.2, -0.15) is 0 Å². The van der Waals surface area contributed by atoms with Crippen molar-refractivity contribution >= 4 is 11.9 Å². The Morgan fingerprint density at radius 2 is 1.43 bits per heavy atom. The number of hydrogen-bond acceptors (Lipinski definition) is 19. The van der Waals surface area contributed by atoms with E-state index in [0.717, 1.165) is 44.1 Å². The number of rotatable bonds is 12. The van der Waals surface area contributed by atoms with Gasteiger partial charge in [0.2, 0.25) is 0 Å². The number of aliphatic carboxylic acids is 1. The molecular weight excluding hydrogens is 909 g/mol. The van der Waals surface area contributed by atoms with Gasteiger partial charge in [-0.05, 0) is 93.3 Å². The number of aliphatic hydroxyl groups is 8. The number of hydrogen-bond donors (Lipinski definition) is 9. The van der Waals surface area contributed by atoms with E-state index in [1.165, 1.54) is 0 Å².